The molecule has 1 aromatic heterocycles. The summed E-state index contributed by atoms with van der Waals surface area (Å²) in [6.07, 6.45) is 2.37. The van der Waals surface area contributed by atoms with Crippen LogP contribution in [0.25, 0.3) is 0 Å². The summed E-state index contributed by atoms with van der Waals surface area (Å²) < 4.78 is 28.2. The van der Waals surface area contributed by atoms with Crippen molar-refractivity contribution in [1.82, 2.24) is 4.98 Å². The van der Waals surface area contributed by atoms with Gasteiger partial charge in [-0.3, -0.25) is 14.5 Å². The number of ketones is 1. The number of carbonyl (C=O) groups is 1. The summed E-state index contributed by atoms with van der Waals surface area (Å²) in [5.41, 5.74) is 1.55. The minimum absolute atomic E-state index is 0.121. The Labute approximate surface area is 175 Å². The van der Waals surface area contributed by atoms with Crippen LogP contribution >= 0.6 is 11.6 Å². The van der Waals surface area contributed by atoms with Gasteiger partial charge in [0.05, 0.1) is 10.6 Å². The van der Waals surface area contributed by atoms with Gasteiger partial charge in [0.2, 0.25) is 5.78 Å². The molecule has 0 saturated carbocycles. The normalized spacial score (nSPS) is 11.4. The van der Waals surface area contributed by atoms with Gasteiger partial charge in [-0.05, 0) is 60.4 Å². The van der Waals surface area contributed by atoms with Gasteiger partial charge in [0.25, 0.3) is 10.0 Å². The standard InChI is InChI=1S/C22H21ClN2O3S/c1-15(2)13-16-6-9-18(10-7-16)29(27,28)25-20-11-8-17(23)14-19(20)22(26)21-5-3-4-12-24-21/h3-12,14-15,25H,13H2,1-2H3. The van der Waals surface area contributed by atoms with Crippen LogP contribution in [0.5, 0.6) is 0 Å². The summed E-state index contributed by atoms with van der Waals surface area (Å²) in [6.45, 7) is 4.21. The number of nitrogens with one attached hydrogen (secondary N) is 1. The Balaban J connectivity index is 1.92. The van der Waals surface area contributed by atoms with Crippen molar-refractivity contribution in [2.24, 2.45) is 5.92 Å². The lowest BCUT2D eigenvalue weighted by atomic mass is 10.0. The highest BCUT2D eigenvalue weighted by Gasteiger charge is 2.21. The number of rotatable bonds is 7. The van der Waals surface area contributed by atoms with E-state index in [4.69, 9.17) is 11.6 Å². The van der Waals surface area contributed by atoms with Crippen LogP contribution in [0.1, 0.15) is 35.5 Å². The zero-order valence-corrected chi connectivity index (χ0v) is 17.7. The van der Waals surface area contributed by atoms with Gasteiger partial charge in [0, 0.05) is 16.8 Å². The van der Waals surface area contributed by atoms with Gasteiger partial charge in [-0.1, -0.05) is 43.6 Å². The maximum absolute atomic E-state index is 12.9. The quantitative estimate of drug-likeness (QED) is 0.539. The van der Waals surface area contributed by atoms with Gasteiger partial charge >= 0.3 is 0 Å². The van der Waals surface area contributed by atoms with Crippen LogP contribution in [0.15, 0.2) is 71.8 Å². The Morgan fingerprint density at radius 1 is 1.07 bits per heavy atom. The maximum atomic E-state index is 12.9. The first-order valence-corrected chi connectivity index (χ1v) is 11.0. The molecule has 1 heterocycles. The van der Waals surface area contributed by atoms with E-state index in [9.17, 15) is 13.2 Å². The van der Waals surface area contributed by atoms with Crippen LogP contribution in [0, 0.1) is 5.92 Å². The zero-order valence-electron chi connectivity index (χ0n) is 16.1. The van der Waals surface area contributed by atoms with E-state index in [1.165, 1.54) is 24.4 Å². The number of sulfonamides is 1. The Morgan fingerprint density at radius 2 is 1.79 bits per heavy atom. The summed E-state index contributed by atoms with van der Waals surface area (Å²) in [6, 6.07) is 16.1. The van der Waals surface area contributed by atoms with Gasteiger partial charge in [-0.2, -0.15) is 0 Å². The van der Waals surface area contributed by atoms with E-state index >= 15 is 0 Å². The van der Waals surface area contributed by atoms with Crippen LogP contribution in [0.2, 0.25) is 5.02 Å². The van der Waals surface area contributed by atoms with Gasteiger partial charge in [-0.15, -0.1) is 0 Å². The molecular formula is C22H21ClN2O3S. The highest BCUT2D eigenvalue weighted by molar-refractivity contribution is 7.92. The van der Waals surface area contributed by atoms with Crippen LogP contribution in [-0.4, -0.2) is 19.2 Å². The lowest BCUT2D eigenvalue weighted by Gasteiger charge is -2.13. The Bertz CT molecular complexity index is 1110. The summed E-state index contributed by atoms with van der Waals surface area (Å²) in [5.74, 6) is 0.0582. The monoisotopic (exact) mass is 428 g/mol. The number of carbonyl (C=O) groups excluding carboxylic acids is 1. The molecule has 2 aromatic carbocycles. The lowest BCUT2D eigenvalue weighted by molar-refractivity contribution is 0.103. The third-order valence-corrected chi connectivity index (χ3v) is 5.86. The Kier molecular flexibility index (Phi) is 6.35. The number of pyridine rings is 1. The summed E-state index contributed by atoms with van der Waals surface area (Å²) >= 11 is 6.05. The molecule has 0 spiro atoms. The summed E-state index contributed by atoms with van der Waals surface area (Å²) in [4.78, 5) is 17.0. The van der Waals surface area contributed by atoms with E-state index in [1.54, 1.807) is 42.5 Å². The third kappa shape index (κ3) is 5.22. The molecule has 0 radical (unpaired) electrons. The minimum atomic E-state index is -3.88. The molecule has 3 rings (SSSR count). The van der Waals surface area contributed by atoms with Crippen molar-refractivity contribution >= 4 is 33.1 Å². The fraction of sp³-hybridized carbons (Fsp3) is 0.182. The number of anilines is 1. The SMILES string of the molecule is CC(C)Cc1ccc(S(=O)(=O)Nc2ccc(Cl)cc2C(=O)c2ccccn2)cc1. The van der Waals surface area contributed by atoms with Crippen molar-refractivity contribution in [3.8, 4) is 0 Å². The van der Waals surface area contributed by atoms with Gasteiger partial charge in [0.1, 0.15) is 5.69 Å². The largest absolute Gasteiger partial charge is 0.287 e. The zero-order chi connectivity index (χ0) is 21.0. The number of nitrogens with zero attached hydrogens (tertiary/aromatic N) is 1. The average molecular weight is 429 g/mol. The molecular weight excluding hydrogens is 408 g/mol. The first-order chi connectivity index (χ1) is 13.8. The van der Waals surface area contributed by atoms with E-state index < -0.39 is 15.8 Å². The van der Waals surface area contributed by atoms with Crippen LogP contribution in [0.4, 0.5) is 5.69 Å². The van der Waals surface area contributed by atoms with Crippen LogP contribution in [0.3, 0.4) is 0 Å². The van der Waals surface area contributed by atoms with Crippen molar-refractivity contribution < 1.29 is 13.2 Å². The van der Waals surface area contributed by atoms with Crippen molar-refractivity contribution in [2.75, 3.05) is 4.72 Å². The number of benzene rings is 2. The topological polar surface area (TPSA) is 76.1 Å². The van der Waals surface area contributed by atoms with Crippen LogP contribution in [-0.2, 0) is 16.4 Å². The molecule has 5 nitrogen and oxygen atoms in total. The second-order valence-corrected chi connectivity index (χ2v) is 9.20. The molecule has 150 valence electrons. The van der Waals surface area contributed by atoms with E-state index in [-0.39, 0.29) is 21.8 Å². The number of halogens is 1. The molecule has 0 aliphatic rings. The molecule has 7 heteroatoms. The molecule has 0 unspecified atom stereocenters. The maximum Gasteiger partial charge on any atom is 0.261 e. The molecule has 3 aromatic rings. The van der Waals surface area contributed by atoms with E-state index in [2.05, 4.69) is 23.6 Å². The smallest absolute Gasteiger partial charge is 0.261 e. The summed E-state index contributed by atoms with van der Waals surface area (Å²) in [7, 11) is -3.88. The lowest BCUT2D eigenvalue weighted by Crippen LogP contribution is -2.16. The Hall–Kier alpha value is -2.70. The van der Waals surface area contributed by atoms with E-state index in [0.717, 1.165) is 12.0 Å². The number of hydrogen-bond donors (Lipinski definition) is 1. The average Bonchev–Trinajstić information content (AvgIpc) is 2.69. The molecule has 0 aliphatic heterocycles. The molecule has 0 bridgehead atoms. The fourth-order valence-corrected chi connectivity index (χ4v) is 4.16. The summed E-state index contributed by atoms with van der Waals surface area (Å²) in [5, 5.41) is 0.324. The highest BCUT2D eigenvalue weighted by atomic mass is 35.5. The Morgan fingerprint density at radius 3 is 2.41 bits per heavy atom. The van der Waals surface area contributed by atoms with Crippen molar-refractivity contribution in [3.05, 3.63) is 88.7 Å². The molecule has 0 amide bonds. The minimum Gasteiger partial charge on any atom is -0.287 e. The van der Waals surface area contributed by atoms with Crippen molar-refractivity contribution in [1.29, 1.82) is 0 Å². The van der Waals surface area contributed by atoms with Gasteiger partial charge in [-0.25, -0.2) is 8.42 Å². The highest BCUT2D eigenvalue weighted by Crippen LogP contribution is 2.26. The molecule has 0 atom stereocenters. The van der Waals surface area contributed by atoms with Gasteiger partial charge in [0.15, 0.2) is 0 Å². The predicted octanol–water partition coefficient (Wildman–Crippen LogP) is 4.97. The van der Waals surface area contributed by atoms with E-state index in [1.807, 2.05) is 0 Å². The fourth-order valence-electron chi connectivity index (χ4n) is 2.91. The van der Waals surface area contributed by atoms with Gasteiger partial charge < -0.3 is 0 Å². The molecule has 29 heavy (non-hydrogen) atoms. The molecule has 0 fully saturated rings. The molecule has 0 aliphatic carbocycles. The first kappa shape index (κ1) is 21.0. The second-order valence-electron chi connectivity index (χ2n) is 7.08. The van der Waals surface area contributed by atoms with Crippen molar-refractivity contribution in [2.45, 2.75) is 25.2 Å². The third-order valence-electron chi connectivity index (χ3n) is 4.25. The van der Waals surface area contributed by atoms with Crippen LogP contribution < -0.4 is 4.72 Å². The van der Waals surface area contributed by atoms with Crippen molar-refractivity contribution in [3.63, 3.8) is 0 Å². The second kappa shape index (κ2) is 8.76. The first-order valence-electron chi connectivity index (χ1n) is 9.13. The predicted molar refractivity (Wildman–Crippen MR) is 115 cm³/mol. The number of aromatic nitrogens is 1. The molecule has 0 saturated heterocycles. The number of hydrogen-bond acceptors (Lipinski definition) is 4. The molecule has 1 N–H and O–H groups in total. The van der Waals surface area contributed by atoms with E-state index in [0.29, 0.717) is 10.9 Å².